The lowest BCUT2D eigenvalue weighted by molar-refractivity contribution is -0.148. The number of hydrogen-bond acceptors (Lipinski definition) is 3. The number of rotatable bonds is 4. The molecule has 1 N–H and O–H groups in total. The number of likely N-dealkylation sites (tertiary alicyclic amines) is 1. The summed E-state index contributed by atoms with van der Waals surface area (Å²) in [4.78, 5) is 24.5. The maximum absolute atomic E-state index is 12.0. The van der Waals surface area contributed by atoms with Crippen LogP contribution in [0.3, 0.4) is 0 Å². The smallest absolute Gasteiger partial charge is 0.326 e. The van der Waals surface area contributed by atoms with Crippen molar-refractivity contribution in [3.05, 3.63) is 18.0 Å². The Balaban J connectivity index is 1.92. The quantitative estimate of drug-likeness (QED) is 0.842. The van der Waals surface area contributed by atoms with Gasteiger partial charge in [-0.05, 0) is 25.3 Å². The fourth-order valence-electron chi connectivity index (χ4n) is 2.35. The van der Waals surface area contributed by atoms with Crippen LogP contribution in [-0.4, -0.2) is 44.3 Å². The molecule has 1 amide bonds. The Morgan fingerprint density at radius 3 is 2.94 bits per heavy atom. The molecule has 0 aliphatic carbocycles. The van der Waals surface area contributed by atoms with Gasteiger partial charge in [-0.25, -0.2) is 4.79 Å². The first-order valence-corrected chi connectivity index (χ1v) is 6.08. The van der Waals surface area contributed by atoms with Crippen LogP contribution in [0.25, 0.3) is 0 Å². The summed E-state index contributed by atoms with van der Waals surface area (Å²) in [5, 5.41) is 13.1. The third kappa shape index (κ3) is 2.52. The van der Waals surface area contributed by atoms with E-state index in [0.717, 1.165) is 12.1 Å². The predicted molar refractivity (Wildman–Crippen MR) is 63.9 cm³/mol. The van der Waals surface area contributed by atoms with E-state index in [1.807, 2.05) is 13.1 Å². The molecule has 0 bridgehead atoms. The van der Waals surface area contributed by atoms with Crippen molar-refractivity contribution in [3.63, 3.8) is 0 Å². The highest BCUT2D eigenvalue weighted by molar-refractivity contribution is 5.84. The summed E-state index contributed by atoms with van der Waals surface area (Å²) in [5.74, 6) is -0.984. The lowest BCUT2D eigenvalue weighted by Crippen LogP contribution is -2.40. The number of carboxylic acids is 1. The fraction of sp³-hybridized carbons (Fsp3) is 0.583. The van der Waals surface area contributed by atoms with Crippen LogP contribution in [0.1, 0.15) is 25.0 Å². The number of nitrogens with zero attached hydrogens (tertiary/aromatic N) is 3. The Hall–Kier alpha value is -1.85. The highest BCUT2D eigenvalue weighted by Crippen LogP contribution is 2.19. The molecule has 1 fully saturated rings. The fourth-order valence-corrected chi connectivity index (χ4v) is 2.35. The van der Waals surface area contributed by atoms with Crippen LogP contribution in [0.2, 0.25) is 0 Å². The van der Waals surface area contributed by atoms with E-state index in [2.05, 4.69) is 5.10 Å². The van der Waals surface area contributed by atoms with Gasteiger partial charge in [-0.15, -0.1) is 0 Å². The Morgan fingerprint density at radius 1 is 1.56 bits per heavy atom. The van der Waals surface area contributed by atoms with Crippen LogP contribution in [-0.2, 0) is 23.1 Å². The summed E-state index contributed by atoms with van der Waals surface area (Å²) in [6.45, 7) is 0.557. The summed E-state index contributed by atoms with van der Waals surface area (Å²) < 4.78 is 1.73. The van der Waals surface area contributed by atoms with Gasteiger partial charge in [0.2, 0.25) is 5.91 Å². The highest BCUT2D eigenvalue weighted by Gasteiger charge is 2.33. The minimum Gasteiger partial charge on any atom is -0.480 e. The lowest BCUT2D eigenvalue weighted by Gasteiger charge is -2.21. The number of hydrogen-bond donors (Lipinski definition) is 1. The van der Waals surface area contributed by atoms with Crippen LogP contribution in [0.15, 0.2) is 12.3 Å². The van der Waals surface area contributed by atoms with E-state index in [4.69, 9.17) is 5.11 Å². The molecule has 6 nitrogen and oxygen atoms in total. The summed E-state index contributed by atoms with van der Waals surface area (Å²) in [5.41, 5.74) is 0.981. The summed E-state index contributed by atoms with van der Waals surface area (Å²) in [6, 6.07) is 1.23. The number of aryl methyl sites for hydroxylation is 2. The summed E-state index contributed by atoms with van der Waals surface area (Å²) >= 11 is 0. The zero-order chi connectivity index (χ0) is 13.1. The van der Waals surface area contributed by atoms with Crippen LogP contribution in [0, 0.1) is 0 Å². The lowest BCUT2D eigenvalue weighted by atomic mass is 10.2. The predicted octanol–water partition coefficient (Wildman–Crippen LogP) is 0.428. The molecular weight excluding hydrogens is 234 g/mol. The third-order valence-electron chi connectivity index (χ3n) is 3.38. The number of amides is 1. The van der Waals surface area contributed by atoms with Gasteiger partial charge in [0.05, 0.1) is 0 Å². The first-order valence-electron chi connectivity index (χ1n) is 6.08. The van der Waals surface area contributed by atoms with Crippen LogP contribution >= 0.6 is 0 Å². The molecule has 0 radical (unpaired) electrons. The van der Waals surface area contributed by atoms with Crippen LogP contribution < -0.4 is 0 Å². The molecule has 0 aromatic carbocycles. The monoisotopic (exact) mass is 251 g/mol. The number of carboxylic acid groups (broad SMARTS) is 1. The molecule has 1 atom stereocenters. The third-order valence-corrected chi connectivity index (χ3v) is 3.38. The molecule has 0 unspecified atom stereocenters. The average Bonchev–Trinajstić information content (AvgIpc) is 2.94. The van der Waals surface area contributed by atoms with E-state index in [-0.39, 0.29) is 5.91 Å². The molecule has 1 aromatic rings. The summed E-state index contributed by atoms with van der Waals surface area (Å²) in [6.07, 6.45) is 3.96. The molecule has 1 aromatic heterocycles. The van der Waals surface area contributed by atoms with Gasteiger partial charge >= 0.3 is 5.97 Å². The zero-order valence-corrected chi connectivity index (χ0v) is 10.4. The molecule has 1 aliphatic rings. The molecule has 1 aliphatic heterocycles. The van der Waals surface area contributed by atoms with E-state index in [1.165, 1.54) is 4.90 Å². The van der Waals surface area contributed by atoms with Crippen molar-refractivity contribution in [1.29, 1.82) is 0 Å². The second-order valence-corrected chi connectivity index (χ2v) is 4.53. The second kappa shape index (κ2) is 5.20. The van der Waals surface area contributed by atoms with E-state index in [1.54, 1.807) is 10.9 Å². The Bertz CT molecular complexity index is 455. The van der Waals surface area contributed by atoms with Gasteiger partial charge in [-0.2, -0.15) is 5.10 Å². The van der Waals surface area contributed by atoms with Crippen molar-refractivity contribution in [2.75, 3.05) is 6.54 Å². The molecule has 0 saturated carbocycles. The van der Waals surface area contributed by atoms with Crippen LogP contribution in [0.4, 0.5) is 0 Å². The van der Waals surface area contributed by atoms with Gasteiger partial charge in [0.15, 0.2) is 0 Å². The van der Waals surface area contributed by atoms with Gasteiger partial charge in [0, 0.05) is 31.9 Å². The average molecular weight is 251 g/mol. The number of carbonyl (C=O) groups is 2. The maximum atomic E-state index is 12.0. The normalized spacial score (nSPS) is 19.2. The Labute approximate surface area is 105 Å². The molecule has 18 heavy (non-hydrogen) atoms. The number of carbonyl (C=O) groups excluding carboxylic acids is 1. The van der Waals surface area contributed by atoms with Crippen LogP contribution in [0.5, 0.6) is 0 Å². The highest BCUT2D eigenvalue weighted by atomic mass is 16.4. The first kappa shape index (κ1) is 12.6. The Morgan fingerprint density at radius 2 is 2.33 bits per heavy atom. The van der Waals surface area contributed by atoms with Crippen molar-refractivity contribution in [2.24, 2.45) is 7.05 Å². The van der Waals surface area contributed by atoms with Gasteiger partial charge < -0.3 is 10.0 Å². The zero-order valence-electron chi connectivity index (χ0n) is 10.4. The molecule has 0 spiro atoms. The Kier molecular flexibility index (Phi) is 3.64. The minimum atomic E-state index is -0.901. The number of aliphatic carboxylic acids is 1. The van der Waals surface area contributed by atoms with Crippen molar-refractivity contribution < 1.29 is 14.7 Å². The molecule has 2 rings (SSSR count). The molecule has 6 heteroatoms. The topological polar surface area (TPSA) is 75.4 Å². The molecular formula is C12H17N3O3. The van der Waals surface area contributed by atoms with Crippen molar-refractivity contribution in [2.45, 2.75) is 31.7 Å². The van der Waals surface area contributed by atoms with Gasteiger partial charge in [0.1, 0.15) is 6.04 Å². The van der Waals surface area contributed by atoms with Crippen molar-refractivity contribution in [1.82, 2.24) is 14.7 Å². The van der Waals surface area contributed by atoms with Gasteiger partial charge in [-0.1, -0.05) is 0 Å². The van der Waals surface area contributed by atoms with Crippen molar-refractivity contribution in [3.8, 4) is 0 Å². The van der Waals surface area contributed by atoms with E-state index < -0.39 is 12.0 Å². The summed E-state index contributed by atoms with van der Waals surface area (Å²) in [7, 11) is 1.83. The van der Waals surface area contributed by atoms with E-state index in [0.29, 0.717) is 25.8 Å². The first-order chi connectivity index (χ1) is 8.59. The minimum absolute atomic E-state index is 0.0823. The van der Waals surface area contributed by atoms with Crippen molar-refractivity contribution >= 4 is 11.9 Å². The standard InChI is InChI=1S/C12H17N3O3/c1-14-9(6-7-13-14)4-5-11(16)15-8-2-3-10(15)12(17)18/h6-7,10H,2-5,8H2,1H3,(H,17,18)/t10-/m1/s1. The maximum Gasteiger partial charge on any atom is 0.326 e. The largest absolute Gasteiger partial charge is 0.480 e. The van der Waals surface area contributed by atoms with E-state index >= 15 is 0 Å². The molecule has 98 valence electrons. The molecule has 2 heterocycles. The number of aromatic nitrogens is 2. The SMILES string of the molecule is Cn1nccc1CCC(=O)N1CCC[C@@H]1C(=O)O. The molecule has 1 saturated heterocycles. The second-order valence-electron chi connectivity index (χ2n) is 4.53. The van der Waals surface area contributed by atoms with Gasteiger partial charge in [-0.3, -0.25) is 9.48 Å². The van der Waals surface area contributed by atoms with E-state index in [9.17, 15) is 9.59 Å². The van der Waals surface area contributed by atoms with Gasteiger partial charge in [0.25, 0.3) is 0 Å².